The summed E-state index contributed by atoms with van der Waals surface area (Å²) in [5, 5.41) is 17.3. The minimum absolute atomic E-state index is 0.00242. The highest BCUT2D eigenvalue weighted by atomic mass is 79.9. The van der Waals surface area contributed by atoms with E-state index in [-0.39, 0.29) is 36.1 Å². The lowest BCUT2D eigenvalue weighted by molar-refractivity contribution is -0.123. The molecule has 0 radical (unpaired) electrons. The Balaban J connectivity index is 0.00000109. The van der Waals surface area contributed by atoms with Gasteiger partial charge in [-0.15, -0.1) is 11.3 Å². The Morgan fingerprint density at radius 2 is 2.12 bits per heavy atom. The Hall–Kier alpha value is -1.25. The quantitative estimate of drug-likeness (QED) is 0.781. The van der Waals surface area contributed by atoms with Crippen LogP contribution in [0.1, 0.15) is 52.1 Å². The Bertz CT molecular complexity index is 809. The number of fused-ring (bicyclic) bond motifs is 1. The first-order valence-electron chi connectivity index (χ1n) is 8.52. The third kappa shape index (κ3) is 4.48. The molecule has 2 aromatic rings. The van der Waals surface area contributed by atoms with Crippen molar-refractivity contribution in [2.45, 2.75) is 65.1 Å². The van der Waals surface area contributed by atoms with E-state index >= 15 is 0 Å². The molecule has 0 aromatic carbocycles. The number of carbonyl (C=O) groups is 1. The lowest BCUT2D eigenvalue weighted by Gasteiger charge is -2.31. The molecule has 2 N–H and O–H groups in total. The molecule has 3 rings (SSSR count). The summed E-state index contributed by atoms with van der Waals surface area (Å²) in [6.07, 6.45) is 0.818. The number of hydrogen-bond donors (Lipinski definition) is 2. The van der Waals surface area contributed by atoms with Gasteiger partial charge >= 0.3 is 0 Å². The number of thiophene rings is 1. The third-order valence-corrected chi connectivity index (χ3v) is 5.58. The molecular formula is C17H24BrN3O3S. The van der Waals surface area contributed by atoms with Crippen molar-refractivity contribution in [2.75, 3.05) is 0 Å². The van der Waals surface area contributed by atoms with E-state index < -0.39 is 0 Å². The normalized spacial score (nSPS) is 19.3. The molecule has 0 bridgehead atoms. The summed E-state index contributed by atoms with van der Waals surface area (Å²) < 4.78 is 2.73. The largest absolute Gasteiger partial charge is 0.393 e. The molecule has 1 aliphatic rings. The van der Waals surface area contributed by atoms with Crippen LogP contribution in [0.15, 0.2) is 14.6 Å². The Kier molecular flexibility index (Phi) is 6.76. The lowest BCUT2D eigenvalue weighted by atomic mass is 9.89. The zero-order chi connectivity index (χ0) is 18.7. The van der Waals surface area contributed by atoms with Crippen molar-refractivity contribution in [2.24, 2.45) is 0 Å². The van der Waals surface area contributed by atoms with Crippen LogP contribution >= 0.6 is 27.3 Å². The van der Waals surface area contributed by atoms with E-state index in [4.69, 9.17) is 0 Å². The summed E-state index contributed by atoms with van der Waals surface area (Å²) in [7, 11) is 0. The number of nitrogens with zero attached hydrogens (tertiary/aromatic N) is 2. The highest BCUT2D eigenvalue weighted by Gasteiger charge is 2.28. The first-order valence-corrected chi connectivity index (χ1v) is 10.1. The van der Waals surface area contributed by atoms with E-state index in [0.717, 1.165) is 14.9 Å². The number of aromatic nitrogens is 2. The number of amides is 1. The van der Waals surface area contributed by atoms with Crippen LogP contribution in [0, 0.1) is 0 Å². The summed E-state index contributed by atoms with van der Waals surface area (Å²) in [4.78, 5) is 24.6. The fourth-order valence-electron chi connectivity index (χ4n) is 2.71. The predicted molar refractivity (Wildman–Crippen MR) is 104 cm³/mol. The number of aliphatic hydroxyl groups excluding tert-OH is 1. The van der Waals surface area contributed by atoms with E-state index in [0.29, 0.717) is 17.5 Å². The topological polar surface area (TPSA) is 84.2 Å². The van der Waals surface area contributed by atoms with Crippen LogP contribution in [0.5, 0.6) is 0 Å². The molecule has 138 valence electrons. The second kappa shape index (κ2) is 8.42. The summed E-state index contributed by atoms with van der Waals surface area (Å²) in [5.74, 6) is -0.100. The van der Waals surface area contributed by atoms with Crippen LogP contribution < -0.4 is 10.9 Å². The Morgan fingerprint density at radius 3 is 2.68 bits per heavy atom. The van der Waals surface area contributed by atoms with E-state index in [9.17, 15) is 14.7 Å². The smallest absolute Gasteiger partial charge is 0.285 e. The lowest BCUT2D eigenvalue weighted by Crippen LogP contribution is -2.48. The first kappa shape index (κ1) is 20.1. The highest BCUT2D eigenvalue weighted by Crippen LogP contribution is 2.31. The van der Waals surface area contributed by atoms with Gasteiger partial charge in [-0.2, -0.15) is 5.10 Å². The second-order valence-electron chi connectivity index (χ2n) is 6.19. The standard InChI is InChI=1S/C15H18BrN3O3S.C2H6/c1-7(2)13-10-5-11(16)23-14(10)15(22)19(18-13)6-12(21)17-8-3-9(20)4-8;1-2/h5,7-9,20H,3-4,6H2,1-2H3,(H,17,21);1-2H3. The van der Waals surface area contributed by atoms with Gasteiger partial charge in [0, 0.05) is 11.4 Å². The fourth-order valence-corrected chi connectivity index (χ4v) is 4.26. The second-order valence-corrected chi connectivity index (χ2v) is 8.62. The molecule has 0 unspecified atom stereocenters. The van der Waals surface area contributed by atoms with Gasteiger partial charge in [0.05, 0.1) is 15.6 Å². The van der Waals surface area contributed by atoms with Gasteiger partial charge in [-0.1, -0.05) is 27.7 Å². The average Bonchev–Trinajstić information content (AvgIpc) is 2.92. The summed E-state index contributed by atoms with van der Waals surface area (Å²) in [5.41, 5.74) is 0.567. The van der Waals surface area contributed by atoms with Crippen LogP contribution in [0.3, 0.4) is 0 Å². The highest BCUT2D eigenvalue weighted by molar-refractivity contribution is 9.11. The van der Waals surface area contributed by atoms with Crippen LogP contribution in [0.2, 0.25) is 0 Å². The average molecular weight is 430 g/mol. The van der Waals surface area contributed by atoms with E-state index in [1.165, 1.54) is 16.0 Å². The molecule has 0 atom stereocenters. The maximum atomic E-state index is 12.5. The number of carbonyl (C=O) groups excluding carboxylic acids is 1. The molecule has 0 aliphatic heterocycles. The van der Waals surface area contributed by atoms with Crippen molar-refractivity contribution in [3.63, 3.8) is 0 Å². The summed E-state index contributed by atoms with van der Waals surface area (Å²) in [6.45, 7) is 7.92. The molecule has 2 heterocycles. The molecule has 6 nitrogen and oxygen atoms in total. The van der Waals surface area contributed by atoms with Gasteiger partial charge in [0.15, 0.2) is 0 Å². The predicted octanol–water partition coefficient (Wildman–Crippen LogP) is 3.01. The zero-order valence-electron chi connectivity index (χ0n) is 14.9. The van der Waals surface area contributed by atoms with Crippen molar-refractivity contribution in [1.29, 1.82) is 0 Å². The van der Waals surface area contributed by atoms with E-state index in [2.05, 4.69) is 26.3 Å². The maximum Gasteiger partial charge on any atom is 0.285 e. The molecule has 2 aromatic heterocycles. The summed E-state index contributed by atoms with van der Waals surface area (Å²) >= 11 is 4.77. The van der Waals surface area contributed by atoms with Crippen molar-refractivity contribution in [1.82, 2.24) is 15.1 Å². The minimum Gasteiger partial charge on any atom is -0.393 e. The zero-order valence-corrected chi connectivity index (χ0v) is 17.3. The first-order chi connectivity index (χ1) is 11.8. The number of rotatable bonds is 4. The van der Waals surface area contributed by atoms with Crippen molar-refractivity contribution < 1.29 is 9.90 Å². The number of halogens is 1. The molecule has 0 spiro atoms. The number of nitrogens with one attached hydrogen (secondary N) is 1. The van der Waals surface area contributed by atoms with Gasteiger partial charge in [0.25, 0.3) is 5.56 Å². The van der Waals surface area contributed by atoms with Crippen molar-refractivity contribution in [3.05, 3.63) is 25.9 Å². The SMILES string of the molecule is CC.CC(C)c1nn(CC(=O)NC2CC(O)C2)c(=O)c2sc(Br)cc12. The minimum atomic E-state index is -0.325. The van der Waals surface area contributed by atoms with Crippen LogP contribution in [-0.4, -0.2) is 32.9 Å². The molecule has 0 saturated heterocycles. The number of aliphatic hydroxyl groups is 1. The van der Waals surface area contributed by atoms with Crippen LogP contribution in [0.25, 0.3) is 10.1 Å². The maximum absolute atomic E-state index is 12.5. The third-order valence-electron chi connectivity index (χ3n) is 3.95. The molecule has 1 fully saturated rings. The van der Waals surface area contributed by atoms with Gasteiger partial charge in [-0.05, 0) is 40.8 Å². The number of hydrogen-bond acceptors (Lipinski definition) is 5. The van der Waals surface area contributed by atoms with E-state index in [1.807, 2.05) is 33.8 Å². The monoisotopic (exact) mass is 429 g/mol. The molecule has 8 heteroatoms. The van der Waals surface area contributed by atoms with Gasteiger partial charge in [-0.25, -0.2) is 4.68 Å². The molecular weight excluding hydrogens is 406 g/mol. The summed E-state index contributed by atoms with van der Waals surface area (Å²) in [6, 6.07) is 1.90. The van der Waals surface area contributed by atoms with Crippen molar-refractivity contribution in [3.8, 4) is 0 Å². The molecule has 1 amide bonds. The fraction of sp³-hybridized carbons (Fsp3) is 0.588. The molecule has 1 aliphatic carbocycles. The molecule has 25 heavy (non-hydrogen) atoms. The molecule has 1 saturated carbocycles. The van der Waals surface area contributed by atoms with Gasteiger partial charge in [-0.3, -0.25) is 9.59 Å². The van der Waals surface area contributed by atoms with Gasteiger partial charge in [0.2, 0.25) is 5.91 Å². The van der Waals surface area contributed by atoms with Crippen LogP contribution in [0.4, 0.5) is 0 Å². The van der Waals surface area contributed by atoms with E-state index in [1.54, 1.807) is 0 Å². The Morgan fingerprint density at radius 1 is 1.48 bits per heavy atom. The van der Waals surface area contributed by atoms with Crippen LogP contribution in [-0.2, 0) is 11.3 Å². The van der Waals surface area contributed by atoms with Gasteiger partial charge < -0.3 is 10.4 Å². The van der Waals surface area contributed by atoms with Gasteiger partial charge in [0.1, 0.15) is 11.2 Å². The Labute approximate surface area is 159 Å². The van der Waals surface area contributed by atoms with Crippen molar-refractivity contribution >= 4 is 43.3 Å².